The van der Waals surface area contributed by atoms with Crippen LogP contribution < -0.4 is 4.74 Å². The van der Waals surface area contributed by atoms with Crippen LogP contribution in [0.5, 0.6) is 5.75 Å². The van der Waals surface area contributed by atoms with Crippen molar-refractivity contribution >= 4 is 33.3 Å². The molecule has 0 saturated carbocycles. The number of fused-ring (bicyclic) bond motifs is 1. The molecule has 0 unspecified atom stereocenters. The summed E-state index contributed by atoms with van der Waals surface area (Å²) < 4.78 is 44.4. The Morgan fingerprint density at radius 1 is 1.19 bits per heavy atom. The molecule has 0 saturated heterocycles. The van der Waals surface area contributed by atoms with E-state index < -0.39 is 17.5 Å². The molecule has 0 fully saturated rings. The Labute approximate surface area is 126 Å². The largest absolute Gasteiger partial charge is 0.483 e. The zero-order chi connectivity index (χ0) is 15.0. The maximum atomic E-state index is 13.4. The topological polar surface area (TPSA) is 35.0 Å². The molecule has 3 nitrogen and oxygen atoms in total. The van der Waals surface area contributed by atoms with Crippen molar-refractivity contribution in [3.63, 3.8) is 0 Å². The average Bonchev–Trinajstić information content (AvgIpc) is 2.86. The van der Waals surface area contributed by atoms with Gasteiger partial charge in [0, 0.05) is 6.20 Å². The van der Waals surface area contributed by atoms with Crippen LogP contribution in [0.3, 0.4) is 0 Å². The minimum atomic E-state index is -1.56. The molecular formula is C13H6ClF3N2OS. The number of thiazole rings is 1. The number of aromatic nitrogens is 2. The van der Waals surface area contributed by atoms with Gasteiger partial charge < -0.3 is 4.74 Å². The number of rotatable bonds is 3. The van der Waals surface area contributed by atoms with Crippen LogP contribution in [0.1, 0.15) is 5.01 Å². The lowest BCUT2D eigenvalue weighted by Crippen LogP contribution is -2.00. The van der Waals surface area contributed by atoms with Gasteiger partial charge in [-0.15, -0.1) is 0 Å². The summed E-state index contributed by atoms with van der Waals surface area (Å²) >= 11 is 7.04. The van der Waals surface area contributed by atoms with Crippen molar-refractivity contribution in [2.45, 2.75) is 6.61 Å². The second-order valence-electron chi connectivity index (χ2n) is 4.05. The third-order valence-electron chi connectivity index (χ3n) is 2.61. The highest BCUT2D eigenvalue weighted by atomic mass is 35.5. The molecule has 21 heavy (non-hydrogen) atoms. The average molecular weight is 331 g/mol. The quantitative estimate of drug-likeness (QED) is 0.670. The molecule has 0 aliphatic carbocycles. The van der Waals surface area contributed by atoms with Gasteiger partial charge in [-0.05, 0) is 18.2 Å². The summed E-state index contributed by atoms with van der Waals surface area (Å²) in [6, 6.07) is 3.46. The van der Waals surface area contributed by atoms with E-state index in [-0.39, 0.29) is 12.4 Å². The smallest absolute Gasteiger partial charge is 0.203 e. The van der Waals surface area contributed by atoms with Crippen molar-refractivity contribution in [1.29, 1.82) is 0 Å². The molecule has 108 valence electrons. The minimum Gasteiger partial charge on any atom is -0.483 e. The Balaban J connectivity index is 1.82. The van der Waals surface area contributed by atoms with Crippen LogP contribution in [0, 0.1) is 17.5 Å². The second-order valence-corrected chi connectivity index (χ2v) is 5.55. The van der Waals surface area contributed by atoms with E-state index in [0.29, 0.717) is 20.4 Å². The number of hydrogen-bond acceptors (Lipinski definition) is 4. The predicted molar refractivity (Wildman–Crippen MR) is 73.1 cm³/mol. The molecule has 0 amide bonds. The molecule has 8 heteroatoms. The number of pyridine rings is 1. The highest BCUT2D eigenvalue weighted by molar-refractivity contribution is 7.18. The van der Waals surface area contributed by atoms with Gasteiger partial charge in [0.1, 0.15) is 22.0 Å². The summed E-state index contributed by atoms with van der Waals surface area (Å²) in [4.78, 5) is 8.96. The fourth-order valence-electron chi connectivity index (χ4n) is 1.66. The summed E-state index contributed by atoms with van der Waals surface area (Å²) in [6.45, 7) is -0.0827. The maximum Gasteiger partial charge on any atom is 0.203 e. The first kappa shape index (κ1) is 14.1. The first-order valence-electron chi connectivity index (χ1n) is 5.72. The summed E-state index contributed by atoms with van der Waals surface area (Å²) in [6.07, 6.45) is 1.49. The third-order valence-corrected chi connectivity index (χ3v) is 3.77. The van der Waals surface area contributed by atoms with Gasteiger partial charge in [-0.2, -0.15) is 4.39 Å². The first-order valence-corrected chi connectivity index (χ1v) is 6.91. The van der Waals surface area contributed by atoms with Gasteiger partial charge in [-0.1, -0.05) is 22.9 Å². The molecule has 2 heterocycles. The van der Waals surface area contributed by atoms with Crippen LogP contribution in [0.2, 0.25) is 5.02 Å². The number of hydrogen-bond donors (Lipinski definition) is 0. The molecule has 3 rings (SSSR count). The first-order chi connectivity index (χ1) is 10.0. The lowest BCUT2D eigenvalue weighted by atomic mass is 10.3. The molecule has 2 aromatic heterocycles. The van der Waals surface area contributed by atoms with Gasteiger partial charge in [0.15, 0.2) is 17.4 Å². The summed E-state index contributed by atoms with van der Waals surface area (Å²) in [7, 11) is 0. The summed E-state index contributed by atoms with van der Waals surface area (Å²) in [5.74, 6) is -4.57. The molecule has 3 aromatic rings. The second kappa shape index (κ2) is 5.50. The Hall–Kier alpha value is -1.86. The van der Waals surface area contributed by atoms with Gasteiger partial charge in [-0.3, -0.25) is 0 Å². The van der Waals surface area contributed by atoms with Crippen LogP contribution in [-0.2, 0) is 6.61 Å². The van der Waals surface area contributed by atoms with Crippen LogP contribution in [-0.4, -0.2) is 9.97 Å². The standard InChI is InChI=1S/C13H6ClF3N2OS/c14-6-3-8-13(18-4-6)21-10(19-8)5-20-9-2-1-7(15)11(16)12(9)17/h1-4H,5H2. The Morgan fingerprint density at radius 3 is 2.81 bits per heavy atom. The predicted octanol–water partition coefficient (Wildman–Crippen LogP) is 4.34. The lowest BCUT2D eigenvalue weighted by molar-refractivity contribution is 0.281. The van der Waals surface area contributed by atoms with E-state index in [1.54, 1.807) is 6.07 Å². The SMILES string of the molecule is Fc1ccc(OCc2nc3cc(Cl)cnc3s2)c(F)c1F. The zero-order valence-electron chi connectivity index (χ0n) is 10.2. The van der Waals surface area contributed by atoms with Crippen LogP contribution in [0.25, 0.3) is 10.3 Å². The molecule has 0 atom stereocenters. The Bertz CT molecular complexity index is 825. The van der Waals surface area contributed by atoms with Crippen molar-refractivity contribution in [3.8, 4) is 5.75 Å². The van der Waals surface area contributed by atoms with Gasteiger partial charge in [-0.25, -0.2) is 18.7 Å². The lowest BCUT2D eigenvalue weighted by Gasteiger charge is -2.05. The fourth-order valence-corrected chi connectivity index (χ4v) is 2.62. The van der Waals surface area contributed by atoms with Gasteiger partial charge >= 0.3 is 0 Å². The number of ether oxygens (including phenoxy) is 1. The van der Waals surface area contributed by atoms with E-state index in [1.165, 1.54) is 17.5 Å². The van der Waals surface area contributed by atoms with E-state index >= 15 is 0 Å². The molecule has 0 spiro atoms. The van der Waals surface area contributed by atoms with Crippen molar-refractivity contribution < 1.29 is 17.9 Å². The Morgan fingerprint density at radius 2 is 2.00 bits per heavy atom. The number of halogens is 4. The molecule has 1 aromatic carbocycles. The molecule has 0 radical (unpaired) electrons. The van der Waals surface area contributed by atoms with Crippen LogP contribution >= 0.6 is 22.9 Å². The van der Waals surface area contributed by atoms with E-state index in [4.69, 9.17) is 16.3 Å². The summed E-state index contributed by atoms with van der Waals surface area (Å²) in [5.41, 5.74) is 0.594. The molecular weight excluding hydrogens is 325 g/mol. The van der Waals surface area contributed by atoms with Gasteiger partial charge in [0.05, 0.1) is 5.02 Å². The normalized spacial score (nSPS) is 11.0. The third kappa shape index (κ3) is 2.79. The van der Waals surface area contributed by atoms with Crippen LogP contribution in [0.15, 0.2) is 24.4 Å². The zero-order valence-corrected chi connectivity index (χ0v) is 11.8. The highest BCUT2D eigenvalue weighted by Gasteiger charge is 2.15. The minimum absolute atomic E-state index is 0.0827. The van der Waals surface area contributed by atoms with Crippen molar-refractivity contribution in [2.24, 2.45) is 0 Å². The van der Waals surface area contributed by atoms with Crippen molar-refractivity contribution in [3.05, 3.63) is 51.9 Å². The van der Waals surface area contributed by atoms with E-state index in [1.807, 2.05) is 0 Å². The highest BCUT2D eigenvalue weighted by Crippen LogP contribution is 2.26. The van der Waals surface area contributed by atoms with E-state index in [2.05, 4.69) is 9.97 Å². The maximum absolute atomic E-state index is 13.4. The molecule has 0 aliphatic rings. The summed E-state index contributed by atoms with van der Waals surface area (Å²) in [5, 5.41) is 0.968. The number of benzene rings is 1. The van der Waals surface area contributed by atoms with Crippen molar-refractivity contribution in [2.75, 3.05) is 0 Å². The van der Waals surface area contributed by atoms with Gasteiger partial charge in [0.2, 0.25) is 5.82 Å². The molecule has 0 aliphatic heterocycles. The van der Waals surface area contributed by atoms with Crippen LogP contribution in [0.4, 0.5) is 13.2 Å². The Kier molecular flexibility index (Phi) is 3.69. The monoisotopic (exact) mass is 330 g/mol. The van der Waals surface area contributed by atoms with E-state index in [9.17, 15) is 13.2 Å². The van der Waals surface area contributed by atoms with Crippen molar-refractivity contribution in [1.82, 2.24) is 9.97 Å². The molecule has 0 N–H and O–H groups in total. The fraction of sp³-hybridized carbons (Fsp3) is 0.0769. The van der Waals surface area contributed by atoms with E-state index in [0.717, 1.165) is 12.1 Å². The number of nitrogens with zero attached hydrogens (tertiary/aromatic N) is 2. The molecule has 0 bridgehead atoms. The van der Waals surface area contributed by atoms with Gasteiger partial charge in [0.25, 0.3) is 0 Å².